The van der Waals surface area contributed by atoms with Gasteiger partial charge >= 0.3 is 0 Å². The van der Waals surface area contributed by atoms with Gasteiger partial charge in [-0.2, -0.15) is 0 Å². The van der Waals surface area contributed by atoms with E-state index in [1.54, 1.807) is 14.2 Å². The third-order valence-corrected chi connectivity index (χ3v) is 5.30. The van der Waals surface area contributed by atoms with Gasteiger partial charge in [0, 0.05) is 31.9 Å². The zero-order valence-electron chi connectivity index (χ0n) is 16.4. The van der Waals surface area contributed by atoms with Gasteiger partial charge in [-0.15, -0.1) is 0 Å². The zero-order chi connectivity index (χ0) is 20.0. The van der Waals surface area contributed by atoms with Gasteiger partial charge in [0.15, 0.2) is 5.96 Å². The van der Waals surface area contributed by atoms with Crippen molar-refractivity contribution in [2.45, 2.75) is 12.6 Å². The maximum Gasteiger partial charge on any atom is 0.191 e. The predicted molar refractivity (Wildman–Crippen MR) is 113 cm³/mol. The molecule has 0 saturated carbocycles. The molecule has 2 aromatic rings. The number of nitrogens with one attached hydrogen (secondary N) is 2. The Hall–Kier alpha value is -1.89. The average molecular weight is 412 g/mol. The summed E-state index contributed by atoms with van der Waals surface area (Å²) >= 11 is 12.2. The van der Waals surface area contributed by atoms with Crippen molar-refractivity contribution in [2.75, 3.05) is 34.8 Å². The highest BCUT2D eigenvalue weighted by molar-refractivity contribution is 6.41. The number of rotatable bonds is 7. The smallest absolute Gasteiger partial charge is 0.191 e. The molecular weight excluding hydrogens is 385 g/mol. The van der Waals surface area contributed by atoms with Crippen LogP contribution in [0.4, 0.5) is 0 Å². The molecule has 0 fully saturated rings. The van der Waals surface area contributed by atoms with Crippen LogP contribution in [0.15, 0.2) is 35.3 Å². The van der Waals surface area contributed by atoms with Gasteiger partial charge in [0.25, 0.3) is 0 Å². The van der Waals surface area contributed by atoms with Crippen molar-refractivity contribution in [1.29, 1.82) is 0 Å². The van der Waals surface area contributed by atoms with E-state index < -0.39 is 0 Å². The van der Waals surface area contributed by atoms with E-state index in [1.165, 1.54) is 0 Å². The highest BCUT2D eigenvalue weighted by Gasteiger charge is 2.18. The molecular formula is C19H27Cl2N5O. The number of benzene rings is 1. The molecule has 0 aliphatic rings. The van der Waals surface area contributed by atoms with E-state index in [1.807, 2.05) is 50.0 Å². The van der Waals surface area contributed by atoms with Gasteiger partial charge in [-0.25, -0.2) is 0 Å². The maximum atomic E-state index is 6.12. The van der Waals surface area contributed by atoms with Crippen LogP contribution in [-0.2, 0) is 13.6 Å². The quantitative estimate of drug-likeness (QED) is 0.541. The molecule has 27 heavy (non-hydrogen) atoms. The van der Waals surface area contributed by atoms with Crippen molar-refractivity contribution >= 4 is 29.2 Å². The first kappa shape index (κ1) is 21.4. The molecule has 0 aliphatic heterocycles. The number of ether oxygens (including phenoxy) is 1. The Morgan fingerprint density at radius 2 is 1.96 bits per heavy atom. The summed E-state index contributed by atoms with van der Waals surface area (Å²) in [7, 11) is 9.40. The summed E-state index contributed by atoms with van der Waals surface area (Å²) < 4.78 is 7.36. The molecule has 0 bridgehead atoms. The fraction of sp³-hybridized carbons (Fsp3) is 0.421. The fourth-order valence-corrected chi connectivity index (χ4v) is 3.28. The normalized spacial score (nSPS) is 13.0. The van der Waals surface area contributed by atoms with Gasteiger partial charge in [-0.1, -0.05) is 41.4 Å². The van der Waals surface area contributed by atoms with Crippen LogP contribution in [0, 0.1) is 0 Å². The minimum atomic E-state index is 0.124. The number of likely N-dealkylation sites (N-methyl/N-ethyl adjacent to an activating group) is 1. The molecule has 0 radical (unpaired) electrons. The first-order valence-corrected chi connectivity index (χ1v) is 9.38. The summed E-state index contributed by atoms with van der Waals surface area (Å²) in [4.78, 5) is 6.45. The first-order chi connectivity index (χ1) is 12.9. The van der Waals surface area contributed by atoms with Gasteiger partial charge in [0.2, 0.25) is 0 Å². The monoisotopic (exact) mass is 411 g/mol. The average Bonchev–Trinajstić information content (AvgIpc) is 2.91. The second-order valence-electron chi connectivity index (χ2n) is 6.36. The van der Waals surface area contributed by atoms with Crippen LogP contribution < -0.4 is 15.4 Å². The standard InChI is InChI=1S/C19H27Cl2N5O/c1-22-19(23-11-13-10-15(20)18(21)26(13)4)24-12-16(25(2)3)14-8-6-7-9-17(14)27-5/h6-10,16H,11-12H2,1-5H3,(H2,22,23,24). The first-order valence-electron chi connectivity index (χ1n) is 8.62. The molecule has 0 aliphatic carbocycles. The molecule has 0 spiro atoms. The summed E-state index contributed by atoms with van der Waals surface area (Å²) in [5.74, 6) is 1.57. The van der Waals surface area contributed by atoms with Crippen LogP contribution in [0.5, 0.6) is 5.75 Å². The van der Waals surface area contributed by atoms with Crippen molar-refractivity contribution in [2.24, 2.45) is 12.0 Å². The third-order valence-electron chi connectivity index (χ3n) is 4.46. The number of methoxy groups -OCH3 is 1. The molecule has 1 atom stereocenters. The Labute approximate surface area is 171 Å². The number of hydrogen-bond acceptors (Lipinski definition) is 3. The lowest BCUT2D eigenvalue weighted by Gasteiger charge is -2.27. The summed E-state index contributed by atoms with van der Waals surface area (Å²) in [6, 6.07) is 10.0. The number of aromatic nitrogens is 1. The highest BCUT2D eigenvalue weighted by Crippen LogP contribution is 2.27. The lowest BCUT2D eigenvalue weighted by atomic mass is 10.0. The van der Waals surface area contributed by atoms with Crippen LogP contribution in [-0.4, -0.2) is 50.2 Å². The number of halogens is 2. The lowest BCUT2D eigenvalue weighted by Crippen LogP contribution is -2.41. The molecule has 148 valence electrons. The Balaban J connectivity index is 2.03. The maximum absolute atomic E-state index is 6.12. The number of hydrogen-bond donors (Lipinski definition) is 2. The molecule has 6 nitrogen and oxygen atoms in total. The van der Waals surface area contributed by atoms with Crippen molar-refractivity contribution in [1.82, 2.24) is 20.1 Å². The second-order valence-corrected chi connectivity index (χ2v) is 7.13. The van der Waals surface area contributed by atoms with Crippen LogP contribution in [0.25, 0.3) is 0 Å². The largest absolute Gasteiger partial charge is 0.496 e. The van der Waals surface area contributed by atoms with Crippen LogP contribution in [0.2, 0.25) is 10.2 Å². The van der Waals surface area contributed by atoms with Crippen molar-refractivity contribution in [3.63, 3.8) is 0 Å². The van der Waals surface area contributed by atoms with E-state index >= 15 is 0 Å². The van der Waals surface area contributed by atoms with Gasteiger partial charge in [0.05, 0.1) is 24.7 Å². The number of nitrogens with zero attached hydrogens (tertiary/aromatic N) is 3. The minimum Gasteiger partial charge on any atom is -0.496 e. The molecule has 8 heteroatoms. The molecule has 0 amide bonds. The summed E-state index contributed by atoms with van der Waals surface area (Å²) in [6.07, 6.45) is 0. The SMILES string of the molecule is CN=C(NCc1cc(Cl)c(Cl)n1C)NCC(c1ccccc1OC)N(C)C. The third kappa shape index (κ3) is 5.31. The minimum absolute atomic E-state index is 0.124. The zero-order valence-corrected chi connectivity index (χ0v) is 17.9. The Morgan fingerprint density at radius 1 is 1.26 bits per heavy atom. The van der Waals surface area contributed by atoms with Crippen LogP contribution in [0.1, 0.15) is 17.3 Å². The molecule has 2 N–H and O–H groups in total. The van der Waals surface area contributed by atoms with Gasteiger partial charge in [0.1, 0.15) is 10.9 Å². The molecule has 1 aromatic carbocycles. The van der Waals surface area contributed by atoms with Crippen molar-refractivity contribution in [3.8, 4) is 5.75 Å². The van der Waals surface area contributed by atoms with Crippen LogP contribution >= 0.6 is 23.2 Å². The summed E-state index contributed by atoms with van der Waals surface area (Å²) in [5.41, 5.74) is 2.09. The molecule has 2 rings (SSSR count). The molecule has 1 aromatic heterocycles. The van der Waals surface area contributed by atoms with Crippen molar-refractivity contribution < 1.29 is 4.74 Å². The summed E-state index contributed by atoms with van der Waals surface area (Å²) in [5, 5.41) is 7.74. The van der Waals surface area contributed by atoms with Gasteiger partial charge in [-0.3, -0.25) is 4.99 Å². The second kappa shape index (κ2) is 9.88. The van der Waals surface area contributed by atoms with Crippen molar-refractivity contribution in [3.05, 3.63) is 51.8 Å². The Morgan fingerprint density at radius 3 is 2.52 bits per heavy atom. The highest BCUT2D eigenvalue weighted by atomic mass is 35.5. The van der Waals surface area contributed by atoms with E-state index in [4.69, 9.17) is 27.9 Å². The van der Waals surface area contributed by atoms with Gasteiger partial charge in [-0.05, 0) is 26.2 Å². The van der Waals surface area contributed by atoms with E-state index in [9.17, 15) is 0 Å². The molecule has 1 heterocycles. The topological polar surface area (TPSA) is 53.8 Å². The van der Waals surface area contributed by atoms with E-state index in [0.29, 0.717) is 29.2 Å². The predicted octanol–water partition coefficient (Wildman–Crippen LogP) is 3.31. The Kier molecular flexibility index (Phi) is 7.83. The van der Waals surface area contributed by atoms with E-state index in [-0.39, 0.29) is 6.04 Å². The molecule has 1 unspecified atom stereocenters. The number of aliphatic imine (C=N–C) groups is 1. The Bertz CT molecular complexity index is 788. The number of para-hydroxylation sites is 1. The fourth-order valence-electron chi connectivity index (χ4n) is 2.86. The van der Waals surface area contributed by atoms with E-state index in [0.717, 1.165) is 17.0 Å². The lowest BCUT2D eigenvalue weighted by molar-refractivity contribution is 0.287. The summed E-state index contributed by atoms with van der Waals surface area (Å²) in [6.45, 7) is 1.23. The van der Waals surface area contributed by atoms with Gasteiger partial charge < -0.3 is 24.8 Å². The van der Waals surface area contributed by atoms with Crippen LogP contribution in [0.3, 0.4) is 0 Å². The van der Waals surface area contributed by atoms with E-state index in [2.05, 4.69) is 26.6 Å². The molecule has 0 saturated heterocycles. The number of guanidine groups is 1.